The molecule has 210 valence electrons. The van der Waals surface area contributed by atoms with Gasteiger partial charge in [-0.25, -0.2) is 14.4 Å². The van der Waals surface area contributed by atoms with Crippen LogP contribution in [0.3, 0.4) is 0 Å². The molecule has 1 atom stereocenters. The molecular formula is C27H29ClFN7O4. The van der Waals surface area contributed by atoms with E-state index in [-0.39, 0.29) is 35.0 Å². The second-order valence-corrected chi connectivity index (χ2v) is 10.3. The molecule has 0 spiro atoms. The highest BCUT2D eigenvalue weighted by atomic mass is 35.5. The quantitative estimate of drug-likeness (QED) is 0.431. The fourth-order valence-corrected chi connectivity index (χ4v) is 5.73. The van der Waals surface area contributed by atoms with Crippen LogP contribution in [-0.2, 0) is 33.8 Å². The van der Waals surface area contributed by atoms with Crippen molar-refractivity contribution in [1.82, 2.24) is 29.3 Å². The molecule has 1 fully saturated rings. The molecule has 0 N–H and O–H groups in total. The number of imidazole rings is 1. The van der Waals surface area contributed by atoms with Crippen molar-refractivity contribution in [1.29, 1.82) is 0 Å². The molecule has 1 saturated heterocycles. The van der Waals surface area contributed by atoms with E-state index in [2.05, 4.69) is 14.9 Å². The molecule has 3 aromatic rings. The van der Waals surface area contributed by atoms with Crippen LogP contribution in [0.2, 0.25) is 5.15 Å². The summed E-state index contributed by atoms with van der Waals surface area (Å²) >= 11 is 6.41. The van der Waals surface area contributed by atoms with Gasteiger partial charge in [-0.1, -0.05) is 11.6 Å². The summed E-state index contributed by atoms with van der Waals surface area (Å²) in [6.45, 7) is 5.58. The summed E-state index contributed by atoms with van der Waals surface area (Å²) < 4.78 is 28.4. The van der Waals surface area contributed by atoms with Crippen LogP contribution in [0.4, 0.5) is 10.2 Å². The summed E-state index contributed by atoms with van der Waals surface area (Å²) in [5.74, 6) is 0.843. The summed E-state index contributed by atoms with van der Waals surface area (Å²) in [6, 6.07) is 5.57. The number of amides is 2. The SMILES string of the molecule is CC(=O)N1CCn2c(nc3c2C(c2ncccc2F)N(C(=O)COc2ccc(N4CCOCC4)nc2Cl)CC3)C1. The predicted octanol–water partition coefficient (Wildman–Crippen LogP) is 2.22. The van der Waals surface area contributed by atoms with Gasteiger partial charge in [-0.05, 0) is 24.3 Å². The lowest BCUT2D eigenvalue weighted by Crippen LogP contribution is -2.45. The predicted molar refractivity (Wildman–Crippen MR) is 143 cm³/mol. The van der Waals surface area contributed by atoms with Gasteiger partial charge in [-0.2, -0.15) is 0 Å². The van der Waals surface area contributed by atoms with Crippen LogP contribution in [0, 0.1) is 5.82 Å². The Kier molecular flexibility index (Phi) is 7.28. The lowest BCUT2D eigenvalue weighted by Gasteiger charge is -2.37. The van der Waals surface area contributed by atoms with E-state index in [0.29, 0.717) is 45.8 Å². The minimum atomic E-state index is -0.788. The Morgan fingerprint density at radius 3 is 2.70 bits per heavy atom. The zero-order valence-corrected chi connectivity index (χ0v) is 22.8. The van der Waals surface area contributed by atoms with Crippen LogP contribution >= 0.6 is 11.6 Å². The van der Waals surface area contributed by atoms with E-state index in [0.717, 1.165) is 36.1 Å². The highest BCUT2D eigenvalue weighted by Gasteiger charge is 2.40. The Balaban J connectivity index is 1.26. The molecule has 0 aliphatic carbocycles. The first-order chi connectivity index (χ1) is 19.4. The molecule has 1 unspecified atom stereocenters. The van der Waals surface area contributed by atoms with Crippen LogP contribution in [0.15, 0.2) is 30.5 Å². The standard InChI is InChI=1S/C27H29ClFN7O4/c1-17(37)34-9-10-35-22(15-34)31-19-6-8-36(26(25(19)35)24-18(29)3-2-7-30-24)23(38)16-40-20-4-5-21(32-27(20)28)33-11-13-39-14-12-33/h2-5,7,26H,6,8-16H2,1H3. The Morgan fingerprint density at radius 1 is 1.12 bits per heavy atom. The molecule has 6 rings (SSSR count). The van der Waals surface area contributed by atoms with Crippen LogP contribution in [-0.4, -0.2) is 87.1 Å². The third-order valence-electron chi connectivity index (χ3n) is 7.55. The minimum absolute atomic E-state index is 0.0281. The number of hydrogen-bond acceptors (Lipinski definition) is 8. The number of halogens is 2. The number of carbonyl (C=O) groups excluding carboxylic acids is 2. The maximum absolute atomic E-state index is 15.2. The summed E-state index contributed by atoms with van der Waals surface area (Å²) in [6.07, 6.45) is 2.00. The third-order valence-corrected chi connectivity index (χ3v) is 7.82. The number of hydrogen-bond donors (Lipinski definition) is 0. The van der Waals surface area contributed by atoms with E-state index in [1.54, 1.807) is 21.9 Å². The largest absolute Gasteiger partial charge is 0.481 e. The van der Waals surface area contributed by atoms with Gasteiger partial charge >= 0.3 is 0 Å². The average Bonchev–Trinajstić information content (AvgIpc) is 3.34. The van der Waals surface area contributed by atoms with Gasteiger partial charge in [-0.15, -0.1) is 0 Å². The first-order valence-electron chi connectivity index (χ1n) is 13.3. The molecule has 13 heteroatoms. The number of anilines is 1. The van der Waals surface area contributed by atoms with E-state index in [1.807, 2.05) is 4.57 Å². The second kappa shape index (κ2) is 11.0. The van der Waals surface area contributed by atoms with Crippen molar-refractivity contribution < 1.29 is 23.5 Å². The molecule has 11 nitrogen and oxygen atoms in total. The molecule has 6 heterocycles. The second-order valence-electron chi connectivity index (χ2n) is 9.91. The molecule has 3 aliphatic rings. The Morgan fingerprint density at radius 2 is 1.95 bits per heavy atom. The van der Waals surface area contributed by atoms with Crippen molar-refractivity contribution in [2.75, 3.05) is 50.9 Å². The number of fused-ring (bicyclic) bond motifs is 3. The third kappa shape index (κ3) is 4.97. The smallest absolute Gasteiger partial charge is 0.261 e. The van der Waals surface area contributed by atoms with Gasteiger partial charge in [0.2, 0.25) is 5.91 Å². The van der Waals surface area contributed by atoms with Crippen molar-refractivity contribution in [3.05, 3.63) is 64.3 Å². The number of ether oxygens (including phenoxy) is 2. The van der Waals surface area contributed by atoms with Gasteiger partial charge in [0.25, 0.3) is 5.91 Å². The van der Waals surface area contributed by atoms with Crippen LogP contribution in [0.1, 0.15) is 35.9 Å². The summed E-state index contributed by atoms with van der Waals surface area (Å²) in [4.78, 5) is 44.5. The molecule has 3 aliphatic heterocycles. The number of aromatic nitrogens is 4. The van der Waals surface area contributed by atoms with Gasteiger partial charge in [0.1, 0.15) is 29.2 Å². The fraction of sp³-hybridized carbons (Fsp3) is 0.444. The molecule has 0 aromatic carbocycles. The fourth-order valence-electron chi connectivity index (χ4n) is 5.53. The molecule has 40 heavy (non-hydrogen) atoms. The maximum Gasteiger partial charge on any atom is 0.261 e. The molecule has 0 bridgehead atoms. The van der Waals surface area contributed by atoms with Crippen molar-refractivity contribution in [2.24, 2.45) is 0 Å². The van der Waals surface area contributed by atoms with Crippen molar-refractivity contribution in [3.63, 3.8) is 0 Å². The van der Waals surface area contributed by atoms with Gasteiger partial charge < -0.3 is 28.7 Å². The lowest BCUT2D eigenvalue weighted by atomic mass is 9.98. The van der Waals surface area contributed by atoms with Gasteiger partial charge in [-0.3, -0.25) is 14.6 Å². The summed E-state index contributed by atoms with van der Waals surface area (Å²) in [7, 11) is 0. The summed E-state index contributed by atoms with van der Waals surface area (Å²) in [5.41, 5.74) is 1.65. The maximum atomic E-state index is 15.2. The minimum Gasteiger partial charge on any atom is -0.481 e. The number of rotatable bonds is 5. The lowest BCUT2D eigenvalue weighted by molar-refractivity contribution is -0.135. The van der Waals surface area contributed by atoms with E-state index in [9.17, 15) is 9.59 Å². The summed E-state index contributed by atoms with van der Waals surface area (Å²) in [5, 5.41) is 0.157. The number of nitrogens with zero attached hydrogens (tertiary/aromatic N) is 7. The van der Waals surface area contributed by atoms with E-state index in [4.69, 9.17) is 26.1 Å². The monoisotopic (exact) mass is 569 g/mol. The van der Waals surface area contributed by atoms with E-state index >= 15 is 4.39 Å². The number of carbonyl (C=O) groups is 2. The Hall–Kier alpha value is -3.77. The van der Waals surface area contributed by atoms with Crippen LogP contribution in [0.25, 0.3) is 0 Å². The molecule has 0 saturated carbocycles. The topological polar surface area (TPSA) is 106 Å². The van der Waals surface area contributed by atoms with Crippen molar-refractivity contribution >= 4 is 29.2 Å². The Labute approximate surface area is 235 Å². The van der Waals surface area contributed by atoms with Gasteiger partial charge in [0.05, 0.1) is 31.1 Å². The highest BCUT2D eigenvalue weighted by molar-refractivity contribution is 6.31. The van der Waals surface area contributed by atoms with E-state index in [1.165, 1.54) is 25.3 Å². The molecule has 0 radical (unpaired) electrons. The Bertz CT molecular complexity index is 1440. The van der Waals surface area contributed by atoms with Gasteiger partial charge in [0.15, 0.2) is 17.5 Å². The van der Waals surface area contributed by atoms with Crippen molar-refractivity contribution in [2.45, 2.75) is 32.5 Å². The molecule has 3 aromatic heterocycles. The normalized spacial score (nSPS) is 18.8. The zero-order chi connectivity index (χ0) is 27.8. The van der Waals surface area contributed by atoms with Crippen molar-refractivity contribution in [3.8, 4) is 5.75 Å². The van der Waals surface area contributed by atoms with Crippen LogP contribution < -0.4 is 9.64 Å². The average molecular weight is 570 g/mol. The molecular weight excluding hydrogens is 541 g/mol. The highest BCUT2D eigenvalue weighted by Crippen LogP contribution is 2.37. The number of pyridine rings is 2. The first-order valence-corrected chi connectivity index (χ1v) is 13.6. The van der Waals surface area contributed by atoms with Crippen LogP contribution in [0.5, 0.6) is 5.75 Å². The molecule has 2 amide bonds. The van der Waals surface area contributed by atoms with E-state index < -0.39 is 11.9 Å². The van der Waals surface area contributed by atoms with Gasteiger partial charge in [0, 0.05) is 52.3 Å². The zero-order valence-electron chi connectivity index (χ0n) is 22.1. The number of morpholine rings is 1. The first kappa shape index (κ1) is 26.5.